The van der Waals surface area contributed by atoms with Crippen molar-refractivity contribution in [2.45, 2.75) is 19.0 Å². The Labute approximate surface area is 109 Å². The molecule has 2 N–H and O–H groups in total. The molecule has 17 heavy (non-hydrogen) atoms. The molecule has 1 atom stereocenters. The van der Waals surface area contributed by atoms with E-state index in [1.54, 1.807) is 4.90 Å². The number of hydrogen-bond donors (Lipinski definition) is 1. The van der Waals surface area contributed by atoms with Gasteiger partial charge in [-0.15, -0.1) is 0 Å². The van der Waals surface area contributed by atoms with E-state index in [2.05, 4.69) is 15.9 Å². The Morgan fingerprint density at radius 3 is 2.88 bits per heavy atom. The third kappa shape index (κ3) is 2.30. The predicted octanol–water partition coefficient (Wildman–Crippen LogP) is 2.12. The van der Waals surface area contributed by atoms with Crippen molar-refractivity contribution >= 4 is 22.0 Å². The number of ether oxygens (including phenoxy) is 1. The first-order valence-corrected chi connectivity index (χ1v) is 6.24. The zero-order chi connectivity index (χ0) is 12.5. The van der Waals surface area contributed by atoms with Gasteiger partial charge >= 0.3 is 6.09 Å². The van der Waals surface area contributed by atoms with Crippen molar-refractivity contribution in [3.05, 3.63) is 34.3 Å². The quantitative estimate of drug-likeness (QED) is 0.930. The third-order valence-corrected chi connectivity index (χ3v) is 3.88. The molecule has 0 radical (unpaired) electrons. The van der Waals surface area contributed by atoms with Crippen molar-refractivity contribution in [3.8, 4) is 0 Å². The molecule has 4 nitrogen and oxygen atoms in total. The van der Waals surface area contributed by atoms with Crippen LogP contribution in [0.4, 0.5) is 4.79 Å². The van der Waals surface area contributed by atoms with Crippen molar-refractivity contribution in [1.82, 2.24) is 4.90 Å². The van der Waals surface area contributed by atoms with Crippen molar-refractivity contribution in [2.75, 3.05) is 13.2 Å². The van der Waals surface area contributed by atoms with Gasteiger partial charge in [-0.25, -0.2) is 4.79 Å². The lowest BCUT2D eigenvalue weighted by molar-refractivity contribution is 0.151. The average Bonchev–Trinajstić information content (AvgIpc) is 2.61. The fourth-order valence-electron chi connectivity index (χ4n) is 1.81. The molecule has 0 saturated carbocycles. The first kappa shape index (κ1) is 12.4. The number of hydrogen-bond acceptors (Lipinski definition) is 3. The Morgan fingerprint density at radius 2 is 2.24 bits per heavy atom. The number of nitrogens with two attached hydrogens (primary N) is 1. The maximum atomic E-state index is 11.7. The molecule has 1 aromatic rings. The van der Waals surface area contributed by atoms with Crippen molar-refractivity contribution in [1.29, 1.82) is 0 Å². The normalized spacial score (nSPS) is 23.9. The van der Waals surface area contributed by atoms with E-state index in [0.717, 1.165) is 10.0 Å². The minimum Gasteiger partial charge on any atom is -0.447 e. The highest BCUT2D eigenvalue weighted by Crippen LogP contribution is 2.27. The molecule has 1 aliphatic heterocycles. The number of rotatable bonds is 3. The molecule has 1 fully saturated rings. The van der Waals surface area contributed by atoms with E-state index >= 15 is 0 Å². The molecular weight excluding hydrogens is 284 g/mol. The Kier molecular flexibility index (Phi) is 3.40. The van der Waals surface area contributed by atoms with Gasteiger partial charge in [-0.3, -0.25) is 4.90 Å². The molecule has 0 aromatic heterocycles. The number of amides is 1. The van der Waals surface area contributed by atoms with Crippen molar-refractivity contribution in [3.63, 3.8) is 0 Å². The molecule has 0 spiro atoms. The fraction of sp³-hybridized carbons (Fsp3) is 0.417. The largest absolute Gasteiger partial charge is 0.447 e. The first-order chi connectivity index (χ1) is 8.07. The van der Waals surface area contributed by atoms with E-state index in [-0.39, 0.29) is 6.09 Å². The van der Waals surface area contributed by atoms with Crippen molar-refractivity contribution in [2.24, 2.45) is 5.73 Å². The highest BCUT2D eigenvalue weighted by Gasteiger charge is 2.42. The van der Waals surface area contributed by atoms with Gasteiger partial charge in [-0.1, -0.05) is 34.1 Å². The molecule has 1 heterocycles. The highest BCUT2D eigenvalue weighted by molar-refractivity contribution is 9.10. The molecule has 92 valence electrons. The zero-order valence-corrected chi connectivity index (χ0v) is 11.2. The van der Waals surface area contributed by atoms with Gasteiger partial charge in [0, 0.05) is 11.0 Å². The van der Waals surface area contributed by atoms with Gasteiger partial charge in [0.2, 0.25) is 0 Å². The highest BCUT2D eigenvalue weighted by atomic mass is 79.9. The summed E-state index contributed by atoms with van der Waals surface area (Å²) in [5.41, 5.74) is 6.36. The van der Waals surface area contributed by atoms with Gasteiger partial charge in [-0.2, -0.15) is 0 Å². The van der Waals surface area contributed by atoms with Crippen LogP contribution in [0.25, 0.3) is 0 Å². The molecule has 0 aliphatic carbocycles. The summed E-state index contributed by atoms with van der Waals surface area (Å²) in [5.74, 6) is 0. The zero-order valence-electron chi connectivity index (χ0n) is 9.65. The third-order valence-electron chi connectivity index (χ3n) is 3.10. The summed E-state index contributed by atoms with van der Waals surface area (Å²) in [6, 6.07) is 7.82. The first-order valence-electron chi connectivity index (χ1n) is 5.45. The van der Waals surface area contributed by atoms with Gasteiger partial charge in [0.25, 0.3) is 0 Å². The molecule has 1 aromatic carbocycles. The van der Waals surface area contributed by atoms with Crippen LogP contribution in [0.3, 0.4) is 0 Å². The second-order valence-electron chi connectivity index (χ2n) is 4.43. The maximum Gasteiger partial charge on any atom is 0.410 e. The number of carbonyl (C=O) groups is 1. The molecular formula is C12H15BrN2O2. The molecule has 0 bridgehead atoms. The lowest BCUT2D eigenvalue weighted by Crippen LogP contribution is -2.49. The molecule has 1 saturated heterocycles. The van der Waals surface area contributed by atoms with E-state index < -0.39 is 5.54 Å². The van der Waals surface area contributed by atoms with Crippen LogP contribution in [0, 0.1) is 0 Å². The van der Waals surface area contributed by atoms with E-state index in [1.807, 2.05) is 31.2 Å². The Balaban J connectivity index is 2.23. The summed E-state index contributed by atoms with van der Waals surface area (Å²) >= 11 is 3.47. The van der Waals surface area contributed by atoms with Crippen LogP contribution >= 0.6 is 15.9 Å². The van der Waals surface area contributed by atoms with Gasteiger partial charge in [0.05, 0.1) is 12.1 Å². The second-order valence-corrected chi connectivity index (χ2v) is 5.29. The number of carbonyl (C=O) groups excluding carboxylic acids is 1. The van der Waals surface area contributed by atoms with Gasteiger partial charge in [0.15, 0.2) is 0 Å². The van der Waals surface area contributed by atoms with Crippen LogP contribution in [0.15, 0.2) is 28.7 Å². The minimum absolute atomic E-state index is 0.297. The SMILES string of the molecule is CC1(CN)COC(=O)N1Cc1ccccc1Br. The number of cyclic esters (lactones) is 1. The summed E-state index contributed by atoms with van der Waals surface area (Å²) in [6.45, 7) is 3.19. The van der Waals surface area contributed by atoms with Gasteiger partial charge < -0.3 is 10.5 Å². The van der Waals surface area contributed by atoms with Crippen LogP contribution in [0.5, 0.6) is 0 Å². The lowest BCUT2D eigenvalue weighted by atomic mass is 10.0. The Hall–Kier alpha value is -1.07. The van der Waals surface area contributed by atoms with Gasteiger partial charge in [0.1, 0.15) is 6.61 Å². The summed E-state index contributed by atoms with van der Waals surface area (Å²) in [5, 5.41) is 0. The van der Waals surface area contributed by atoms with Crippen LogP contribution in [-0.2, 0) is 11.3 Å². The smallest absolute Gasteiger partial charge is 0.410 e. The number of benzene rings is 1. The molecule has 1 amide bonds. The van der Waals surface area contributed by atoms with E-state index in [4.69, 9.17) is 10.5 Å². The van der Waals surface area contributed by atoms with Crippen LogP contribution in [-0.4, -0.2) is 29.7 Å². The summed E-state index contributed by atoms with van der Waals surface area (Å²) < 4.78 is 6.06. The summed E-state index contributed by atoms with van der Waals surface area (Å²) in [4.78, 5) is 13.4. The summed E-state index contributed by atoms with van der Waals surface area (Å²) in [7, 11) is 0. The van der Waals surface area contributed by atoms with Gasteiger partial charge in [-0.05, 0) is 18.6 Å². The molecule has 2 rings (SSSR count). The monoisotopic (exact) mass is 298 g/mol. The molecule has 5 heteroatoms. The Morgan fingerprint density at radius 1 is 1.53 bits per heavy atom. The van der Waals surface area contributed by atoms with Crippen LogP contribution < -0.4 is 5.73 Å². The average molecular weight is 299 g/mol. The fourth-order valence-corrected chi connectivity index (χ4v) is 2.23. The van der Waals surface area contributed by atoms with Crippen LogP contribution in [0.1, 0.15) is 12.5 Å². The summed E-state index contributed by atoms with van der Waals surface area (Å²) in [6.07, 6.45) is -0.297. The Bertz CT molecular complexity index is 438. The maximum absolute atomic E-state index is 11.7. The standard InChI is InChI=1S/C12H15BrN2O2/c1-12(7-14)8-17-11(16)15(12)6-9-4-2-3-5-10(9)13/h2-5H,6-8,14H2,1H3. The predicted molar refractivity (Wildman–Crippen MR) is 68.5 cm³/mol. The lowest BCUT2D eigenvalue weighted by Gasteiger charge is -2.30. The van der Waals surface area contributed by atoms with Crippen LogP contribution in [0.2, 0.25) is 0 Å². The van der Waals surface area contributed by atoms with E-state index in [1.165, 1.54) is 0 Å². The van der Waals surface area contributed by atoms with E-state index in [0.29, 0.717) is 19.7 Å². The molecule has 1 unspecified atom stereocenters. The topological polar surface area (TPSA) is 55.6 Å². The van der Waals surface area contributed by atoms with E-state index in [9.17, 15) is 4.79 Å². The van der Waals surface area contributed by atoms with Crippen molar-refractivity contribution < 1.29 is 9.53 Å². The number of nitrogens with zero attached hydrogens (tertiary/aromatic N) is 1. The minimum atomic E-state index is -0.410. The number of halogens is 1. The molecule has 1 aliphatic rings. The second kappa shape index (κ2) is 4.66.